The first-order chi connectivity index (χ1) is 8.33. The molecule has 0 spiro atoms. The summed E-state index contributed by atoms with van der Waals surface area (Å²) in [4.78, 5) is 0. The normalized spacial score (nSPS) is 27.8. The van der Waals surface area contributed by atoms with Crippen molar-refractivity contribution >= 4 is 0 Å². The summed E-state index contributed by atoms with van der Waals surface area (Å²) in [6.45, 7) is 3.51. The van der Waals surface area contributed by atoms with E-state index in [-0.39, 0.29) is 0 Å². The van der Waals surface area contributed by atoms with Gasteiger partial charge in [0, 0.05) is 6.04 Å². The molecule has 2 unspecified atom stereocenters. The van der Waals surface area contributed by atoms with Crippen molar-refractivity contribution in [1.29, 1.82) is 0 Å². The Bertz CT molecular complexity index is 381. The number of hydrogen-bond donors (Lipinski definition) is 1. The molecule has 0 saturated heterocycles. The van der Waals surface area contributed by atoms with Gasteiger partial charge in [-0.1, -0.05) is 24.3 Å². The third-order valence-electron chi connectivity index (χ3n) is 4.56. The van der Waals surface area contributed by atoms with Gasteiger partial charge in [0.25, 0.3) is 0 Å². The van der Waals surface area contributed by atoms with E-state index in [1.807, 2.05) is 0 Å². The third kappa shape index (κ3) is 2.71. The lowest BCUT2D eigenvalue weighted by Gasteiger charge is -2.37. The highest BCUT2D eigenvalue weighted by atomic mass is 14.9. The van der Waals surface area contributed by atoms with Gasteiger partial charge in [-0.3, -0.25) is 0 Å². The average molecular weight is 229 g/mol. The van der Waals surface area contributed by atoms with E-state index in [4.69, 9.17) is 0 Å². The summed E-state index contributed by atoms with van der Waals surface area (Å²) < 4.78 is 0. The van der Waals surface area contributed by atoms with Crippen molar-refractivity contribution in [2.24, 2.45) is 11.8 Å². The van der Waals surface area contributed by atoms with Crippen molar-refractivity contribution in [2.45, 2.75) is 45.1 Å². The molecule has 1 aromatic carbocycles. The second-order valence-corrected chi connectivity index (χ2v) is 5.91. The highest BCUT2D eigenvalue weighted by Crippen LogP contribution is 2.37. The zero-order valence-corrected chi connectivity index (χ0v) is 10.8. The SMILES string of the molecule is Cc1ccccc1CC1CCC1CNC1CC1. The van der Waals surface area contributed by atoms with E-state index in [9.17, 15) is 0 Å². The molecule has 1 nitrogen and oxygen atoms in total. The van der Waals surface area contributed by atoms with Crippen molar-refractivity contribution in [2.75, 3.05) is 6.54 Å². The van der Waals surface area contributed by atoms with Gasteiger partial charge in [-0.2, -0.15) is 0 Å². The maximum Gasteiger partial charge on any atom is 0.00683 e. The average Bonchev–Trinajstić information content (AvgIpc) is 3.11. The van der Waals surface area contributed by atoms with Crippen molar-refractivity contribution in [3.63, 3.8) is 0 Å². The van der Waals surface area contributed by atoms with Crippen LogP contribution in [0.25, 0.3) is 0 Å². The fourth-order valence-corrected chi connectivity index (χ4v) is 2.90. The van der Waals surface area contributed by atoms with Gasteiger partial charge in [0.15, 0.2) is 0 Å². The number of hydrogen-bond acceptors (Lipinski definition) is 1. The lowest BCUT2D eigenvalue weighted by molar-refractivity contribution is 0.170. The second-order valence-electron chi connectivity index (χ2n) is 5.91. The van der Waals surface area contributed by atoms with E-state index in [2.05, 4.69) is 36.5 Å². The monoisotopic (exact) mass is 229 g/mol. The van der Waals surface area contributed by atoms with E-state index in [0.29, 0.717) is 0 Å². The summed E-state index contributed by atoms with van der Waals surface area (Å²) in [6.07, 6.45) is 7.00. The van der Waals surface area contributed by atoms with Gasteiger partial charge >= 0.3 is 0 Å². The molecule has 0 heterocycles. The third-order valence-corrected chi connectivity index (χ3v) is 4.56. The Kier molecular flexibility index (Phi) is 3.19. The molecule has 1 N–H and O–H groups in total. The first-order valence-electron chi connectivity index (χ1n) is 7.11. The summed E-state index contributed by atoms with van der Waals surface area (Å²) >= 11 is 0. The van der Waals surface area contributed by atoms with Crippen LogP contribution in [-0.4, -0.2) is 12.6 Å². The van der Waals surface area contributed by atoms with Crippen molar-refractivity contribution < 1.29 is 0 Å². The molecule has 0 radical (unpaired) electrons. The molecule has 1 aromatic rings. The van der Waals surface area contributed by atoms with Gasteiger partial charge in [0.2, 0.25) is 0 Å². The van der Waals surface area contributed by atoms with Gasteiger partial charge in [-0.05, 0) is 68.5 Å². The van der Waals surface area contributed by atoms with Crippen LogP contribution in [0.3, 0.4) is 0 Å². The zero-order chi connectivity index (χ0) is 11.7. The molecule has 17 heavy (non-hydrogen) atoms. The molecule has 2 aliphatic carbocycles. The van der Waals surface area contributed by atoms with Gasteiger partial charge in [0.05, 0.1) is 0 Å². The van der Waals surface area contributed by atoms with Gasteiger partial charge in [-0.25, -0.2) is 0 Å². The Labute approximate surface area is 105 Å². The van der Waals surface area contributed by atoms with Crippen molar-refractivity contribution in [3.05, 3.63) is 35.4 Å². The molecule has 1 heteroatoms. The van der Waals surface area contributed by atoms with Crippen LogP contribution < -0.4 is 5.32 Å². The molecule has 2 fully saturated rings. The Morgan fingerprint density at radius 2 is 1.82 bits per heavy atom. The van der Waals surface area contributed by atoms with E-state index < -0.39 is 0 Å². The predicted molar refractivity (Wildman–Crippen MR) is 72.1 cm³/mol. The second kappa shape index (κ2) is 4.81. The van der Waals surface area contributed by atoms with Gasteiger partial charge in [-0.15, -0.1) is 0 Å². The number of rotatable bonds is 5. The van der Waals surface area contributed by atoms with E-state index in [0.717, 1.165) is 17.9 Å². The largest absolute Gasteiger partial charge is 0.314 e. The maximum atomic E-state index is 3.69. The smallest absolute Gasteiger partial charge is 0.00683 e. The molecule has 0 aromatic heterocycles. The van der Waals surface area contributed by atoms with Crippen LogP contribution in [0.2, 0.25) is 0 Å². The molecule has 2 saturated carbocycles. The highest BCUT2D eigenvalue weighted by molar-refractivity contribution is 5.26. The quantitative estimate of drug-likeness (QED) is 0.816. The molecule has 2 aliphatic rings. The van der Waals surface area contributed by atoms with E-state index in [1.54, 1.807) is 5.56 Å². The minimum absolute atomic E-state index is 0.870. The first-order valence-corrected chi connectivity index (χ1v) is 7.11. The van der Waals surface area contributed by atoms with Crippen molar-refractivity contribution in [3.8, 4) is 0 Å². The highest BCUT2D eigenvalue weighted by Gasteiger charge is 2.32. The Hall–Kier alpha value is -0.820. The van der Waals surface area contributed by atoms with Crippen LogP contribution in [0.5, 0.6) is 0 Å². The predicted octanol–water partition coefficient (Wildman–Crippen LogP) is 3.32. The molecule has 2 atom stereocenters. The molecule has 92 valence electrons. The van der Waals surface area contributed by atoms with Crippen LogP contribution in [0.15, 0.2) is 24.3 Å². The van der Waals surface area contributed by atoms with Crippen molar-refractivity contribution in [1.82, 2.24) is 5.32 Å². The lowest BCUT2D eigenvalue weighted by atomic mass is 9.70. The van der Waals surface area contributed by atoms with E-state index in [1.165, 1.54) is 44.2 Å². The zero-order valence-electron chi connectivity index (χ0n) is 10.8. The first kappa shape index (κ1) is 11.3. The fourth-order valence-electron chi connectivity index (χ4n) is 2.90. The summed E-state index contributed by atoms with van der Waals surface area (Å²) in [7, 11) is 0. The topological polar surface area (TPSA) is 12.0 Å². The van der Waals surface area contributed by atoms with Crippen LogP contribution in [-0.2, 0) is 6.42 Å². The molecule has 3 rings (SSSR count). The summed E-state index contributed by atoms with van der Waals surface area (Å²) in [6, 6.07) is 9.74. The summed E-state index contributed by atoms with van der Waals surface area (Å²) in [5.41, 5.74) is 3.03. The minimum Gasteiger partial charge on any atom is -0.314 e. The molecule has 0 aliphatic heterocycles. The lowest BCUT2D eigenvalue weighted by Crippen LogP contribution is -2.37. The Morgan fingerprint density at radius 3 is 2.47 bits per heavy atom. The molecular weight excluding hydrogens is 206 g/mol. The molecular formula is C16H23N. The summed E-state index contributed by atoms with van der Waals surface area (Å²) in [5.74, 6) is 1.87. The Balaban J connectivity index is 1.52. The van der Waals surface area contributed by atoms with Crippen LogP contribution in [0.4, 0.5) is 0 Å². The number of aryl methyl sites for hydroxylation is 1. The number of benzene rings is 1. The van der Waals surface area contributed by atoms with Crippen LogP contribution in [0.1, 0.15) is 36.8 Å². The van der Waals surface area contributed by atoms with E-state index >= 15 is 0 Å². The number of nitrogens with one attached hydrogen (secondary N) is 1. The van der Waals surface area contributed by atoms with Crippen LogP contribution in [0, 0.1) is 18.8 Å². The minimum atomic E-state index is 0.870. The maximum absolute atomic E-state index is 3.69. The standard InChI is InChI=1S/C16H23N/c1-12-4-2-3-5-13(12)10-14-6-7-15(14)11-17-16-8-9-16/h2-5,14-17H,6-11H2,1H3. The Morgan fingerprint density at radius 1 is 1.06 bits per heavy atom. The van der Waals surface area contributed by atoms with Crippen LogP contribution >= 0.6 is 0 Å². The summed E-state index contributed by atoms with van der Waals surface area (Å²) in [5, 5.41) is 3.69. The van der Waals surface area contributed by atoms with Gasteiger partial charge < -0.3 is 5.32 Å². The molecule has 0 amide bonds. The van der Waals surface area contributed by atoms with Gasteiger partial charge in [0.1, 0.15) is 0 Å². The molecule has 0 bridgehead atoms. The fraction of sp³-hybridized carbons (Fsp3) is 0.625.